The van der Waals surface area contributed by atoms with Crippen LogP contribution in [-0.2, 0) is 19.6 Å². The van der Waals surface area contributed by atoms with Gasteiger partial charge in [0.15, 0.2) is 0 Å². The molecule has 5 nitrogen and oxygen atoms in total. The summed E-state index contributed by atoms with van der Waals surface area (Å²) in [6.07, 6.45) is 3.81. The Bertz CT molecular complexity index is 523. The Morgan fingerprint density at radius 3 is 2.33 bits per heavy atom. The minimum atomic E-state index is 0.788. The van der Waals surface area contributed by atoms with E-state index in [0.29, 0.717) is 0 Å². The standard InChI is InChI=1S/C13H21N5/c1-5-17-11(4)12(8-16-17)14-9-13-10(3)7-15-18(13)6-2/h7-8,14H,5-6,9H2,1-4H3. The summed E-state index contributed by atoms with van der Waals surface area (Å²) in [5.74, 6) is 0. The van der Waals surface area contributed by atoms with Crippen molar-refractivity contribution in [2.24, 2.45) is 0 Å². The van der Waals surface area contributed by atoms with Crippen LogP contribution in [0.15, 0.2) is 12.4 Å². The molecule has 2 aromatic heterocycles. The fourth-order valence-electron chi connectivity index (χ4n) is 2.13. The van der Waals surface area contributed by atoms with Crippen LogP contribution in [-0.4, -0.2) is 19.6 Å². The third-order valence-electron chi connectivity index (χ3n) is 3.31. The number of hydrogen-bond acceptors (Lipinski definition) is 3. The molecule has 2 aromatic rings. The summed E-state index contributed by atoms with van der Waals surface area (Å²) in [5, 5.41) is 12.1. The lowest BCUT2D eigenvalue weighted by Gasteiger charge is -2.09. The van der Waals surface area contributed by atoms with E-state index in [4.69, 9.17) is 0 Å². The van der Waals surface area contributed by atoms with Crippen molar-refractivity contribution in [3.05, 3.63) is 29.3 Å². The molecule has 0 aliphatic carbocycles. The molecular formula is C13H21N5. The van der Waals surface area contributed by atoms with Crippen molar-refractivity contribution < 1.29 is 0 Å². The summed E-state index contributed by atoms with van der Waals surface area (Å²) in [5.41, 5.74) is 4.74. The average molecular weight is 247 g/mol. The van der Waals surface area contributed by atoms with E-state index < -0.39 is 0 Å². The molecule has 0 amide bonds. The number of nitrogens with one attached hydrogen (secondary N) is 1. The van der Waals surface area contributed by atoms with Gasteiger partial charge in [0.1, 0.15) is 0 Å². The second-order valence-corrected chi connectivity index (χ2v) is 4.40. The van der Waals surface area contributed by atoms with E-state index in [0.717, 1.165) is 25.3 Å². The van der Waals surface area contributed by atoms with Crippen molar-refractivity contribution in [1.82, 2.24) is 19.6 Å². The highest BCUT2D eigenvalue weighted by Crippen LogP contribution is 2.16. The Hall–Kier alpha value is -1.78. The Kier molecular flexibility index (Phi) is 3.69. The van der Waals surface area contributed by atoms with Crippen molar-refractivity contribution in [1.29, 1.82) is 0 Å². The summed E-state index contributed by atoms with van der Waals surface area (Å²) < 4.78 is 4.02. The van der Waals surface area contributed by atoms with Crippen molar-refractivity contribution in [2.45, 2.75) is 47.3 Å². The quantitative estimate of drug-likeness (QED) is 0.882. The normalized spacial score (nSPS) is 10.9. The predicted octanol–water partition coefficient (Wildman–Crippen LogP) is 2.35. The molecule has 0 spiro atoms. The van der Waals surface area contributed by atoms with Crippen LogP contribution in [0.1, 0.15) is 30.8 Å². The lowest BCUT2D eigenvalue weighted by Crippen LogP contribution is -2.09. The SMILES string of the molecule is CCn1ncc(NCc2c(C)cnn2CC)c1C. The molecule has 0 radical (unpaired) electrons. The average Bonchev–Trinajstić information content (AvgIpc) is 2.90. The van der Waals surface area contributed by atoms with E-state index in [9.17, 15) is 0 Å². The van der Waals surface area contributed by atoms with Crippen LogP contribution in [0.2, 0.25) is 0 Å². The number of hydrogen-bond donors (Lipinski definition) is 1. The second-order valence-electron chi connectivity index (χ2n) is 4.40. The number of aryl methyl sites for hydroxylation is 3. The van der Waals surface area contributed by atoms with Crippen LogP contribution in [0.25, 0.3) is 0 Å². The van der Waals surface area contributed by atoms with Gasteiger partial charge >= 0.3 is 0 Å². The number of rotatable bonds is 5. The Morgan fingerprint density at radius 1 is 1.06 bits per heavy atom. The Morgan fingerprint density at radius 2 is 1.72 bits per heavy atom. The maximum Gasteiger partial charge on any atom is 0.0759 e. The fraction of sp³-hybridized carbons (Fsp3) is 0.538. The molecule has 0 atom stereocenters. The number of nitrogens with zero attached hydrogens (tertiary/aromatic N) is 4. The van der Waals surface area contributed by atoms with Crippen LogP contribution >= 0.6 is 0 Å². The highest BCUT2D eigenvalue weighted by Gasteiger charge is 2.08. The molecule has 1 N–H and O–H groups in total. The first-order valence-corrected chi connectivity index (χ1v) is 6.44. The lowest BCUT2D eigenvalue weighted by atomic mass is 10.2. The third-order valence-corrected chi connectivity index (χ3v) is 3.31. The first kappa shape index (κ1) is 12.7. The molecular weight excluding hydrogens is 226 g/mol. The zero-order valence-corrected chi connectivity index (χ0v) is 11.6. The summed E-state index contributed by atoms with van der Waals surface area (Å²) >= 11 is 0. The molecule has 0 saturated heterocycles. The van der Waals surface area contributed by atoms with E-state index in [1.165, 1.54) is 17.0 Å². The minimum absolute atomic E-state index is 0.788. The fourth-order valence-corrected chi connectivity index (χ4v) is 2.13. The summed E-state index contributed by atoms with van der Waals surface area (Å²) in [4.78, 5) is 0. The molecule has 0 aromatic carbocycles. The van der Waals surface area contributed by atoms with Gasteiger partial charge in [-0.2, -0.15) is 10.2 Å². The topological polar surface area (TPSA) is 47.7 Å². The number of anilines is 1. The molecule has 0 aliphatic rings. The maximum absolute atomic E-state index is 4.35. The minimum Gasteiger partial charge on any atom is -0.377 e. The smallest absolute Gasteiger partial charge is 0.0759 e. The van der Waals surface area contributed by atoms with E-state index in [1.54, 1.807) is 0 Å². The van der Waals surface area contributed by atoms with Gasteiger partial charge in [-0.15, -0.1) is 0 Å². The molecule has 2 rings (SSSR count). The molecule has 0 fully saturated rings. The van der Waals surface area contributed by atoms with Gasteiger partial charge in [-0.3, -0.25) is 9.36 Å². The van der Waals surface area contributed by atoms with Crippen molar-refractivity contribution in [3.8, 4) is 0 Å². The van der Waals surface area contributed by atoms with Crippen molar-refractivity contribution in [3.63, 3.8) is 0 Å². The molecule has 98 valence electrons. The summed E-state index contributed by atoms with van der Waals surface area (Å²) in [6.45, 7) is 11.0. The second kappa shape index (κ2) is 5.25. The van der Waals surface area contributed by atoms with E-state index in [-0.39, 0.29) is 0 Å². The Labute approximate surface area is 108 Å². The van der Waals surface area contributed by atoms with Gasteiger partial charge in [0.05, 0.1) is 36.0 Å². The van der Waals surface area contributed by atoms with Gasteiger partial charge in [-0.1, -0.05) is 0 Å². The molecule has 0 aliphatic heterocycles. The van der Waals surface area contributed by atoms with Gasteiger partial charge in [0, 0.05) is 13.1 Å². The predicted molar refractivity (Wildman–Crippen MR) is 72.6 cm³/mol. The lowest BCUT2D eigenvalue weighted by molar-refractivity contribution is 0.626. The Balaban J connectivity index is 2.11. The molecule has 0 saturated carbocycles. The maximum atomic E-state index is 4.35. The van der Waals surface area contributed by atoms with E-state index in [2.05, 4.69) is 43.2 Å². The van der Waals surface area contributed by atoms with Gasteiger partial charge in [0.2, 0.25) is 0 Å². The van der Waals surface area contributed by atoms with Crippen molar-refractivity contribution >= 4 is 5.69 Å². The first-order valence-electron chi connectivity index (χ1n) is 6.44. The molecule has 5 heteroatoms. The van der Waals surface area contributed by atoms with Crippen LogP contribution in [0.3, 0.4) is 0 Å². The zero-order valence-electron chi connectivity index (χ0n) is 11.6. The molecule has 0 bridgehead atoms. The molecule has 18 heavy (non-hydrogen) atoms. The van der Waals surface area contributed by atoms with E-state index >= 15 is 0 Å². The van der Waals surface area contributed by atoms with Crippen LogP contribution in [0.5, 0.6) is 0 Å². The zero-order chi connectivity index (χ0) is 13.1. The number of aromatic nitrogens is 4. The summed E-state index contributed by atoms with van der Waals surface area (Å²) in [6, 6.07) is 0. The molecule has 2 heterocycles. The van der Waals surface area contributed by atoms with Gasteiger partial charge in [-0.05, 0) is 33.3 Å². The van der Waals surface area contributed by atoms with Crippen LogP contribution < -0.4 is 5.32 Å². The van der Waals surface area contributed by atoms with Gasteiger partial charge < -0.3 is 5.32 Å². The first-order chi connectivity index (χ1) is 8.67. The van der Waals surface area contributed by atoms with E-state index in [1.807, 2.05) is 21.8 Å². The third kappa shape index (κ3) is 2.25. The van der Waals surface area contributed by atoms with Crippen LogP contribution in [0.4, 0.5) is 5.69 Å². The summed E-state index contributed by atoms with van der Waals surface area (Å²) in [7, 11) is 0. The van der Waals surface area contributed by atoms with Gasteiger partial charge in [0.25, 0.3) is 0 Å². The monoisotopic (exact) mass is 247 g/mol. The molecule has 0 unspecified atom stereocenters. The largest absolute Gasteiger partial charge is 0.377 e. The van der Waals surface area contributed by atoms with Crippen molar-refractivity contribution in [2.75, 3.05) is 5.32 Å². The highest BCUT2D eigenvalue weighted by molar-refractivity contribution is 5.46. The highest BCUT2D eigenvalue weighted by atomic mass is 15.3. The van der Waals surface area contributed by atoms with Crippen LogP contribution in [0, 0.1) is 13.8 Å². The van der Waals surface area contributed by atoms with Gasteiger partial charge in [-0.25, -0.2) is 0 Å².